The number of benzene rings is 2. The van der Waals surface area contributed by atoms with Crippen molar-refractivity contribution in [2.24, 2.45) is 17.3 Å². The molecule has 10 heteroatoms. The molecule has 54 heavy (non-hydrogen) atoms. The first-order chi connectivity index (χ1) is 25.5. The number of allylic oxidation sites excluding steroid dienone is 1. The van der Waals surface area contributed by atoms with Crippen molar-refractivity contribution in [3.8, 4) is 0 Å². The maximum atomic E-state index is 15.3. The van der Waals surface area contributed by atoms with Gasteiger partial charge in [0.15, 0.2) is 0 Å². The van der Waals surface area contributed by atoms with E-state index in [4.69, 9.17) is 9.47 Å². The third kappa shape index (κ3) is 7.78. The number of hydrogen-bond donors (Lipinski definition) is 1. The molecule has 1 N–H and O–H groups in total. The highest BCUT2D eigenvalue weighted by molar-refractivity contribution is 5.98. The number of nitrogens with zero attached hydrogens (tertiary/aromatic N) is 3. The number of aliphatic hydroxyl groups excluding tert-OH is 1. The summed E-state index contributed by atoms with van der Waals surface area (Å²) in [6.45, 7) is 19.8. The molecule has 3 heterocycles. The number of carbonyl (C=O) groups excluding carboxylic acids is 4. The highest BCUT2D eigenvalue weighted by Crippen LogP contribution is 2.60. The van der Waals surface area contributed by atoms with Crippen molar-refractivity contribution in [1.82, 2.24) is 14.7 Å². The molecule has 10 nitrogen and oxygen atoms in total. The van der Waals surface area contributed by atoms with Crippen LogP contribution >= 0.6 is 0 Å². The maximum absolute atomic E-state index is 15.3. The molecule has 0 saturated carbocycles. The van der Waals surface area contributed by atoms with Gasteiger partial charge in [-0.1, -0.05) is 93.6 Å². The molecule has 3 aliphatic rings. The Hall–Kier alpha value is -4.28. The van der Waals surface area contributed by atoms with E-state index in [0.717, 1.165) is 0 Å². The molecule has 2 bridgehead atoms. The molecule has 3 amide bonds. The van der Waals surface area contributed by atoms with Gasteiger partial charge in [-0.2, -0.15) is 0 Å². The topological polar surface area (TPSA) is 117 Å². The van der Waals surface area contributed by atoms with E-state index in [1.165, 1.54) is 4.90 Å². The minimum absolute atomic E-state index is 0.112. The van der Waals surface area contributed by atoms with Gasteiger partial charge in [0.1, 0.15) is 17.7 Å². The van der Waals surface area contributed by atoms with Crippen LogP contribution in [0.25, 0.3) is 0 Å². The van der Waals surface area contributed by atoms with Gasteiger partial charge in [-0.15, -0.1) is 13.2 Å². The summed E-state index contributed by atoms with van der Waals surface area (Å²) in [4.78, 5) is 63.1. The van der Waals surface area contributed by atoms with Gasteiger partial charge < -0.3 is 29.3 Å². The van der Waals surface area contributed by atoms with E-state index < -0.39 is 71.8 Å². The van der Waals surface area contributed by atoms with E-state index in [2.05, 4.69) is 33.9 Å². The molecule has 1 spiro atoms. The Morgan fingerprint density at radius 1 is 1.02 bits per heavy atom. The number of amides is 3. The van der Waals surface area contributed by atoms with Gasteiger partial charge in [0, 0.05) is 25.6 Å². The first-order valence-electron chi connectivity index (χ1n) is 19.2. The van der Waals surface area contributed by atoms with Crippen molar-refractivity contribution in [2.45, 2.75) is 115 Å². The summed E-state index contributed by atoms with van der Waals surface area (Å²) in [7, 11) is 1.69. The standard InChI is InChI=1S/C44H59N3O7/c1-10-12-23-34(49)45(9)29(3)37(31-21-17-14-18-22-31)53-41(52)35-33-24-25-44(54-33)36(35)39(50)47(32(27-48)30-19-15-13-16-20-30)38(44)40(51)46(26-11-2)43(7,8)28-42(4,5)6/h10-11,13-22,29,32-33,35-38,48H,1-2,12,23-28H2,3-9H3/t29-,32+,33-,35+,36+,37+,38-,44+/m0/s1. The van der Waals surface area contributed by atoms with Crippen LogP contribution in [0.5, 0.6) is 0 Å². The Kier molecular flexibility index (Phi) is 12.3. The summed E-state index contributed by atoms with van der Waals surface area (Å²) in [5.41, 5.74) is -0.716. The largest absolute Gasteiger partial charge is 0.455 e. The van der Waals surface area contributed by atoms with Crippen molar-refractivity contribution in [1.29, 1.82) is 0 Å². The number of ether oxygens (including phenoxy) is 2. The van der Waals surface area contributed by atoms with E-state index >= 15 is 9.59 Å². The minimum atomic E-state index is -1.33. The molecule has 3 fully saturated rings. The van der Waals surface area contributed by atoms with Gasteiger partial charge in [-0.25, -0.2) is 0 Å². The molecule has 0 unspecified atom stereocenters. The normalized spacial score (nSPS) is 25.0. The second-order valence-corrected chi connectivity index (χ2v) is 17.0. The number of likely N-dealkylation sites (tertiary alicyclic amines) is 1. The highest BCUT2D eigenvalue weighted by Gasteiger charge is 2.76. The summed E-state index contributed by atoms with van der Waals surface area (Å²) in [6.07, 6.45) is 4.19. The Labute approximate surface area is 321 Å². The molecule has 0 aromatic heterocycles. The zero-order valence-electron chi connectivity index (χ0n) is 33.1. The second kappa shape index (κ2) is 16.2. The number of carbonyl (C=O) groups is 4. The first-order valence-corrected chi connectivity index (χ1v) is 19.2. The molecule has 292 valence electrons. The summed E-state index contributed by atoms with van der Waals surface area (Å²) in [5.74, 6) is -3.48. The number of hydrogen-bond acceptors (Lipinski definition) is 7. The van der Waals surface area contributed by atoms with E-state index in [0.29, 0.717) is 36.8 Å². The number of likely N-dealkylation sites (N-methyl/N-ethyl adjacent to an activating group) is 1. The molecule has 0 radical (unpaired) electrons. The van der Waals surface area contributed by atoms with Gasteiger partial charge in [-0.3, -0.25) is 19.2 Å². The summed E-state index contributed by atoms with van der Waals surface area (Å²) < 4.78 is 13.2. The Morgan fingerprint density at radius 3 is 2.19 bits per heavy atom. The number of esters is 1. The van der Waals surface area contributed by atoms with Crippen LogP contribution in [0.3, 0.4) is 0 Å². The van der Waals surface area contributed by atoms with Crippen LogP contribution in [0, 0.1) is 17.3 Å². The molecule has 2 aromatic carbocycles. The number of fused-ring (bicyclic) bond motifs is 1. The van der Waals surface area contributed by atoms with Crippen molar-refractivity contribution in [3.05, 3.63) is 97.1 Å². The molecule has 2 aromatic rings. The molecule has 0 aliphatic carbocycles. The van der Waals surface area contributed by atoms with Crippen LogP contribution in [0.1, 0.15) is 96.9 Å². The van der Waals surface area contributed by atoms with Gasteiger partial charge in [0.25, 0.3) is 0 Å². The Morgan fingerprint density at radius 2 is 1.63 bits per heavy atom. The van der Waals surface area contributed by atoms with Gasteiger partial charge in [0.05, 0.1) is 36.6 Å². The van der Waals surface area contributed by atoms with Crippen LogP contribution in [-0.4, -0.2) is 93.0 Å². The lowest BCUT2D eigenvalue weighted by molar-refractivity contribution is -0.165. The highest BCUT2D eigenvalue weighted by atomic mass is 16.6. The predicted molar refractivity (Wildman–Crippen MR) is 208 cm³/mol. The van der Waals surface area contributed by atoms with Gasteiger partial charge >= 0.3 is 5.97 Å². The Bertz CT molecular complexity index is 1690. The maximum Gasteiger partial charge on any atom is 0.313 e. The van der Waals surface area contributed by atoms with Crippen molar-refractivity contribution in [2.75, 3.05) is 20.2 Å². The second-order valence-electron chi connectivity index (χ2n) is 17.0. The lowest BCUT2D eigenvalue weighted by Gasteiger charge is -2.46. The van der Waals surface area contributed by atoms with E-state index in [9.17, 15) is 14.7 Å². The summed E-state index contributed by atoms with van der Waals surface area (Å²) in [5, 5.41) is 11.0. The SMILES string of the molecule is C=CCCC(=O)N(C)[C@@H](C)[C@@H](OC(=O)[C@@H]1[C@@H]2CC[C@]3(O2)[C@H](C(=O)N(CC=C)C(C)(C)CC(C)(C)C)N([C@H](CO)c2ccccc2)C(=O)[C@@H]13)c1ccccc1. The lowest BCUT2D eigenvalue weighted by Crippen LogP contribution is -2.61. The molecular weight excluding hydrogens is 682 g/mol. The fraction of sp³-hybridized carbons (Fsp3) is 0.545. The number of rotatable bonds is 16. The predicted octanol–water partition coefficient (Wildman–Crippen LogP) is 6.42. The average molecular weight is 742 g/mol. The zero-order valence-corrected chi connectivity index (χ0v) is 33.1. The monoisotopic (exact) mass is 741 g/mol. The molecule has 3 aliphatic heterocycles. The summed E-state index contributed by atoms with van der Waals surface area (Å²) >= 11 is 0. The quantitative estimate of drug-likeness (QED) is 0.156. The van der Waals surface area contributed by atoms with Crippen molar-refractivity contribution >= 4 is 23.7 Å². The van der Waals surface area contributed by atoms with Crippen LogP contribution in [0.2, 0.25) is 0 Å². The van der Waals surface area contributed by atoms with Crippen LogP contribution in [0.15, 0.2) is 86.0 Å². The van der Waals surface area contributed by atoms with Crippen LogP contribution < -0.4 is 0 Å². The zero-order chi connectivity index (χ0) is 39.6. The molecule has 3 saturated heterocycles. The molecular formula is C44H59N3O7. The van der Waals surface area contributed by atoms with Gasteiger partial charge in [0.2, 0.25) is 17.7 Å². The minimum Gasteiger partial charge on any atom is -0.455 e. The van der Waals surface area contributed by atoms with Gasteiger partial charge in [-0.05, 0) is 63.0 Å². The summed E-state index contributed by atoms with van der Waals surface area (Å²) in [6, 6.07) is 15.9. The van der Waals surface area contributed by atoms with E-state index in [1.807, 2.05) is 81.4 Å². The van der Waals surface area contributed by atoms with Crippen molar-refractivity contribution in [3.63, 3.8) is 0 Å². The van der Waals surface area contributed by atoms with E-state index in [-0.39, 0.29) is 30.2 Å². The average Bonchev–Trinajstić information content (AvgIpc) is 3.78. The first kappa shape index (κ1) is 40.9. The molecule has 5 rings (SSSR count). The Balaban J connectivity index is 1.57. The fourth-order valence-electron chi connectivity index (χ4n) is 9.43. The molecule has 8 atom stereocenters. The van der Waals surface area contributed by atoms with Crippen LogP contribution in [-0.2, 0) is 28.7 Å². The van der Waals surface area contributed by atoms with E-state index in [1.54, 1.807) is 29.0 Å². The third-order valence-electron chi connectivity index (χ3n) is 11.6. The fourth-order valence-corrected chi connectivity index (χ4v) is 9.43. The third-order valence-corrected chi connectivity index (χ3v) is 11.6. The van der Waals surface area contributed by atoms with Crippen LogP contribution in [0.4, 0.5) is 0 Å². The smallest absolute Gasteiger partial charge is 0.313 e. The number of aliphatic hydroxyl groups is 1. The lowest BCUT2D eigenvalue weighted by atomic mass is 9.70. The van der Waals surface area contributed by atoms with Crippen molar-refractivity contribution < 1.29 is 33.8 Å².